The van der Waals surface area contributed by atoms with Crippen LogP contribution >= 0.6 is 11.3 Å². The van der Waals surface area contributed by atoms with Gasteiger partial charge in [0.2, 0.25) is 0 Å². The molecule has 0 fully saturated rings. The van der Waals surface area contributed by atoms with Gasteiger partial charge in [0.25, 0.3) is 0 Å². The average molecular weight is 207 g/mol. The van der Waals surface area contributed by atoms with Crippen LogP contribution < -0.4 is 0 Å². The Bertz CT molecular complexity index is 396. The molecule has 0 aromatic carbocycles. The van der Waals surface area contributed by atoms with E-state index in [9.17, 15) is 0 Å². The average Bonchev–Trinajstić information content (AvgIpc) is 2.65. The van der Waals surface area contributed by atoms with E-state index in [0.717, 1.165) is 9.75 Å². The van der Waals surface area contributed by atoms with Crippen LogP contribution in [0, 0.1) is 11.8 Å². The van der Waals surface area contributed by atoms with Gasteiger partial charge in [-0.05, 0) is 17.7 Å². The lowest BCUT2D eigenvalue weighted by atomic mass is 10.4. The van der Waals surface area contributed by atoms with Crippen LogP contribution in [-0.4, -0.2) is 11.7 Å². The van der Waals surface area contributed by atoms with Crippen molar-refractivity contribution in [1.29, 1.82) is 0 Å². The van der Waals surface area contributed by atoms with E-state index in [4.69, 9.17) is 10.6 Å². The normalized spacial score (nSPS) is 8.64. The zero-order chi connectivity index (χ0) is 10.2. The fourth-order valence-electron chi connectivity index (χ4n) is 0.830. The van der Waals surface area contributed by atoms with Crippen LogP contribution in [0.2, 0.25) is 0 Å². The quantitative estimate of drug-likeness (QED) is 0.267. The fourth-order valence-corrected chi connectivity index (χ4v) is 1.57. The summed E-state index contributed by atoms with van der Waals surface area (Å²) < 4.78 is 0. The van der Waals surface area contributed by atoms with Crippen LogP contribution in [0.1, 0.15) is 16.2 Å². The Balaban J connectivity index is 2.46. The molecule has 1 aromatic heterocycles. The van der Waals surface area contributed by atoms with Crippen LogP contribution in [0.15, 0.2) is 17.2 Å². The molecule has 0 saturated carbocycles. The molecule has 0 aliphatic rings. The highest BCUT2D eigenvalue weighted by Gasteiger charge is 1.94. The van der Waals surface area contributed by atoms with Gasteiger partial charge >= 0.3 is 0 Å². The van der Waals surface area contributed by atoms with E-state index < -0.39 is 0 Å². The molecule has 0 unspecified atom stereocenters. The zero-order valence-corrected chi connectivity index (χ0v) is 8.29. The Kier molecular flexibility index (Phi) is 4.59. The Morgan fingerprint density at radius 1 is 1.57 bits per heavy atom. The van der Waals surface area contributed by atoms with Gasteiger partial charge in [-0.2, -0.15) is 0 Å². The lowest BCUT2D eigenvalue weighted by Gasteiger charge is -1.81. The van der Waals surface area contributed by atoms with Gasteiger partial charge in [0, 0.05) is 22.8 Å². The largest absolute Gasteiger partial charge is 0.391 e. The van der Waals surface area contributed by atoms with E-state index in [1.165, 1.54) is 11.3 Å². The van der Waals surface area contributed by atoms with Gasteiger partial charge in [0.05, 0.1) is 11.5 Å². The van der Waals surface area contributed by atoms with E-state index in [2.05, 4.69) is 21.9 Å². The van der Waals surface area contributed by atoms with Crippen molar-refractivity contribution in [3.63, 3.8) is 0 Å². The molecule has 4 nitrogen and oxygen atoms in total. The van der Waals surface area contributed by atoms with Crippen LogP contribution in [-0.2, 0) is 6.61 Å². The number of hydrogen-bond donors (Lipinski definition) is 1. The van der Waals surface area contributed by atoms with Crippen molar-refractivity contribution in [2.45, 2.75) is 13.0 Å². The fraction of sp³-hybridized carbons (Fsp3) is 0.333. The van der Waals surface area contributed by atoms with E-state index in [-0.39, 0.29) is 6.61 Å². The summed E-state index contributed by atoms with van der Waals surface area (Å²) >= 11 is 1.47. The minimum absolute atomic E-state index is 0.0606. The second-order valence-electron chi connectivity index (χ2n) is 2.43. The van der Waals surface area contributed by atoms with Crippen molar-refractivity contribution in [3.8, 4) is 11.8 Å². The molecule has 0 atom stereocenters. The van der Waals surface area contributed by atoms with Crippen LogP contribution in [0.3, 0.4) is 0 Å². The van der Waals surface area contributed by atoms with Crippen LogP contribution in [0.25, 0.3) is 10.4 Å². The number of hydrogen-bond acceptors (Lipinski definition) is 3. The predicted octanol–water partition coefficient (Wildman–Crippen LogP) is 2.29. The maximum absolute atomic E-state index is 8.80. The van der Waals surface area contributed by atoms with E-state index in [0.29, 0.717) is 13.0 Å². The molecule has 72 valence electrons. The summed E-state index contributed by atoms with van der Waals surface area (Å²) in [5.74, 6) is 5.82. The Hall–Kier alpha value is -1.47. The summed E-state index contributed by atoms with van der Waals surface area (Å²) in [6.07, 6.45) is 0.566. The van der Waals surface area contributed by atoms with Crippen LogP contribution in [0.5, 0.6) is 0 Å². The molecule has 1 rings (SSSR count). The summed E-state index contributed by atoms with van der Waals surface area (Å²) in [5.41, 5.74) is 8.00. The molecular weight excluding hydrogens is 198 g/mol. The SMILES string of the molecule is [N-]=[N+]=NCCC#Cc1ccc(CO)s1. The first-order chi connectivity index (χ1) is 6.86. The van der Waals surface area contributed by atoms with Crippen molar-refractivity contribution >= 4 is 11.3 Å². The zero-order valence-electron chi connectivity index (χ0n) is 7.47. The second kappa shape index (κ2) is 6.06. The summed E-state index contributed by atoms with van der Waals surface area (Å²) in [4.78, 5) is 4.46. The summed E-state index contributed by atoms with van der Waals surface area (Å²) in [5, 5.41) is 12.2. The maximum atomic E-state index is 8.80. The summed E-state index contributed by atoms with van der Waals surface area (Å²) in [7, 11) is 0. The van der Waals surface area contributed by atoms with Crippen molar-refractivity contribution in [2.24, 2.45) is 5.11 Å². The third-order valence-electron chi connectivity index (χ3n) is 1.43. The van der Waals surface area contributed by atoms with E-state index in [1.54, 1.807) is 0 Å². The second-order valence-corrected chi connectivity index (χ2v) is 3.60. The highest BCUT2D eigenvalue weighted by atomic mass is 32.1. The smallest absolute Gasteiger partial charge is 0.0774 e. The van der Waals surface area contributed by atoms with E-state index >= 15 is 0 Å². The number of thiophene rings is 1. The monoisotopic (exact) mass is 207 g/mol. The first-order valence-electron chi connectivity index (χ1n) is 4.06. The summed E-state index contributed by atoms with van der Waals surface area (Å²) in [6, 6.07) is 3.72. The lowest BCUT2D eigenvalue weighted by Crippen LogP contribution is -1.72. The van der Waals surface area contributed by atoms with Crippen LogP contribution in [0.4, 0.5) is 0 Å². The lowest BCUT2D eigenvalue weighted by molar-refractivity contribution is 0.285. The first-order valence-corrected chi connectivity index (χ1v) is 4.87. The van der Waals surface area contributed by atoms with E-state index in [1.807, 2.05) is 12.1 Å². The minimum atomic E-state index is 0.0606. The molecule has 5 heteroatoms. The molecule has 0 radical (unpaired) electrons. The number of aliphatic hydroxyl groups is 1. The highest BCUT2D eigenvalue weighted by Crippen LogP contribution is 2.14. The Morgan fingerprint density at radius 2 is 2.43 bits per heavy atom. The first kappa shape index (κ1) is 10.6. The topological polar surface area (TPSA) is 69.0 Å². The molecule has 1 heterocycles. The standard InChI is InChI=1S/C9H9N3OS/c10-12-11-6-2-1-3-8-4-5-9(7-13)14-8/h4-5,13H,2,6-7H2. The molecule has 0 amide bonds. The van der Waals surface area contributed by atoms with Gasteiger partial charge in [-0.15, -0.1) is 11.3 Å². The van der Waals surface area contributed by atoms with Crippen molar-refractivity contribution < 1.29 is 5.11 Å². The third kappa shape index (κ3) is 3.50. The third-order valence-corrected chi connectivity index (χ3v) is 2.41. The van der Waals surface area contributed by atoms with Gasteiger partial charge in [0.15, 0.2) is 0 Å². The minimum Gasteiger partial charge on any atom is -0.391 e. The predicted molar refractivity (Wildman–Crippen MR) is 55.7 cm³/mol. The molecule has 0 bridgehead atoms. The number of aliphatic hydroxyl groups excluding tert-OH is 1. The molecule has 1 aromatic rings. The van der Waals surface area contributed by atoms with Crippen molar-refractivity contribution in [3.05, 3.63) is 32.3 Å². The van der Waals surface area contributed by atoms with Gasteiger partial charge in [-0.1, -0.05) is 17.0 Å². The molecule has 14 heavy (non-hydrogen) atoms. The van der Waals surface area contributed by atoms with Gasteiger partial charge in [-0.25, -0.2) is 0 Å². The number of azide groups is 1. The summed E-state index contributed by atoms with van der Waals surface area (Å²) in [6.45, 7) is 0.465. The molecule has 1 N–H and O–H groups in total. The highest BCUT2D eigenvalue weighted by molar-refractivity contribution is 7.12. The molecular formula is C9H9N3OS. The van der Waals surface area contributed by atoms with Crippen molar-refractivity contribution in [1.82, 2.24) is 0 Å². The maximum Gasteiger partial charge on any atom is 0.0774 e. The molecule has 0 saturated heterocycles. The Labute approximate surface area is 85.8 Å². The number of nitrogens with zero attached hydrogens (tertiary/aromatic N) is 3. The van der Waals surface area contributed by atoms with Gasteiger partial charge in [-0.3, -0.25) is 0 Å². The molecule has 0 spiro atoms. The molecule has 0 aliphatic carbocycles. The van der Waals surface area contributed by atoms with Gasteiger partial charge in [0.1, 0.15) is 0 Å². The van der Waals surface area contributed by atoms with Gasteiger partial charge < -0.3 is 5.11 Å². The molecule has 0 aliphatic heterocycles. The Morgan fingerprint density at radius 3 is 3.07 bits per heavy atom. The number of rotatable bonds is 3. The van der Waals surface area contributed by atoms with Crippen molar-refractivity contribution in [2.75, 3.05) is 6.54 Å².